The van der Waals surface area contributed by atoms with Gasteiger partial charge in [0.05, 0.1) is 12.1 Å². The first-order chi connectivity index (χ1) is 6.88. The molecule has 4 nitrogen and oxygen atoms in total. The van der Waals surface area contributed by atoms with Crippen molar-refractivity contribution in [2.75, 3.05) is 6.54 Å². The zero-order valence-electron chi connectivity index (χ0n) is 9.40. The number of amides is 1. The molecule has 0 saturated heterocycles. The van der Waals surface area contributed by atoms with Gasteiger partial charge in [-0.1, -0.05) is 26.8 Å². The lowest BCUT2D eigenvalue weighted by Gasteiger charge is -2.31. The number of nitrogens with two attached hydrogens (primary N) is 1. The van der Waals surface area contributed by atoms with Gasteiger partial charge in [-0.25, -0.2) is 0 Å². The van der Waals surface area contributed by atoms with Crippen LogP contribution in [0.25, 0.3) is 0 Å². The van der Waals surface area contributed by atoms with E-state index < -0.39 is 12.1 Å². The van der Waals surface area contributed by atoms with Gasteiger partial charge in [-0.05, 0) is 11.5 Å². The van der Waals surface area contributed by atoms with Crippen molar-refractivity contribution in [3.63, 3.8) is 0 Å². The lowest BCUT2D eigenvalue weighted by atomic mass is 9.86. The van der Waals surface area contributed by atoms with E-state index in [1.165, 1.54) is 4.90 Å². The molecule has 1 aliphatic rings. The monoisotopic (exact) mass is 207 g/mol. The summed E-state index contributed by atoms with van der Waals surface area (Å²) in [5.41, 5.74) is 5.58. The summed E-state index contributed by atoms with van der Waals surface area (Å²) in [5.74, 6) is -0.154. The number of nitriles is 1. The van der Waals surface area contributed by atoms with Crippen molar-refractivity contribution in [2.45, 2.75) is 32.9 Å². The largest absolute Gasteiger partial charge is 0.319 e. The van der Waals surface area contributed by atoms with Gasteiger partial charge >= 0.3 is 0 Å². The molecule has 0 aromatic carbocycles. The van der Waals surface area contributed by atoms with E-state index >= 15 is 0 Å². The minimum absolute atomic E-state index is 0.154. The highest BCUT2D eigenvalue weighted by Crippen LogP contribution is 2.21. The van der Waals surface area contributed by atoms with E-state index in [1.54, 1.807) is 6.08 Å². The normalized spacial score (nSPS) is 22.6. The number of nitrogens with zero attached hydrogens (tertiary/aromatic N) is 2. The van der Waals surface area contributed by atoms with Gasteiger partial charge in [-0.2, -0.15) is 5.26 Å². The number of hydrogen-bond donors (Lipinski definition) is 1. The third kappa shape index (κ3) is 2.37. The molecule has 2 N–H and O–H groups in total. The van der Waals surface area contributed by atoms with Gasteiger partial charge in [-0.3, -0.25) is 4.79 Å². The Kier molecular flexibility index (Phi) is 3.15. The molecule has 82 valence electrons. The summed E-state index contributed by atoms with van der Waals surface area (Å²) in [7, 11) is 0. The van der Waals surface area contributed by atoms with E-state index in [9.17, 15) is 4.79 Å². The van der Waals surface area contributed by atoms with E-state index in [-0.39, 0.29) is 11.3 Å². The minimum Gasteiger partial charge on any atom is -0.319 e. The second-order valence-electron chi connectivity index (χ2n) is 4.84. The first kappa shape index (κ1) is 11.7. The first-order valence-electron chi connectivity index (χ1n) is 5.00. The van der Waals surface area contributed by atoms with Gasteiger partial charge in [0.1, 0.15) is 6.04 Å². The van der Waals surface area contributed by atoms with Gasteiger partial charge < -0.3 is 10.6 Å². The summed E-state index contributed by atoms with van der Waals surface area (Å²) >= 11 is 0. The van der Waals surface area contributed by atoms with Crippen molar-refractivity contribution in [1.29, 1.82) is 5.26 Å². The Morgan fingerprint density at radius 3 is 2.73 bits per heavy atom. The van der Waals surface area contributed by atoms with Crippen molar-refractivity contribution in [3.05, 3.63) is 12.2 Å². The van der Waals surface area contributed by atoms with Gasteiger partial charge in [0, 0.05) is 6.54 Å². The second kappa shape index (κ2) is 4.03. The van der Waals surface area contributed by atoms with Crippen molar-refractivity contribution >= 4 is 5.91 Å². The molecule has 0 saturated carbocycles. The van der Waals surface area contributed by atoms with Crippen LogP contribution < -0.4 is 5.73 Å². The predicted octanol–water partition coefficient (Wildman–Crippen LogP) is 0.650. The van der Waals surface area contributed by atoms with E-state index in [4.69, 9.17) is 11.0 Å². The highest BCUT2D eigenvalue weighted by molar-refractivity contribution is 5.83. The molecule has 0 fully saturated rings. The molecule has 1 heterocycles. The molecule has 2 unspecified atom stereocenters. The van der Waals surface area contributed by atoms with Gasteiger partial charge in [0.25, 0.3) is 0 Å². The zero-order chi connectivity index (χ0) is 11.6. The quantitative estimate of drug-likeness (QED) is 0.642. The molecule has 1 aliphatic heterocycles. The Morgan fingerprint density at radius 2 is 2.27 bits per heavy atom. The summed E-state index contributed by atoms with van der Waals surface area (Å²) < 4.78 is 0. The maximum Gasteiger partial charge on any atom is 0.241 e. The third-order valence-electron chi connectivity index (χ3n) is 2.57. The molecule has 0 radical (unpaired) electrons. The molecule has 0 spiro atoms. The van der Waals surface area contributed by atoms with Crippen LogP contribution in [-0.4, -0.2) is 29.4 Å². The molecular weight excluding hydrogens is 190 g/mol. The number of rotatable bonds is 1. The zero-order valence-corrected chi connectivity index (χ0v) is 9.40. The highest BCUT2D eigenvalue weighted by Gasteiger charge is 2.34. The fraction of sp³-hybridized carbons (Fsp3) is 0.636. The molecule has 1 amide bonds. The molecule has 0 aromatic heterocycles. The van der Waals surface area contributed by atoms with E-state index in [1.807, 2.05) is 26.8 Å². The molecular formula is C11H17N3O. The Bertz CT molecular complexity index is 322. The summed E-state index contributed by atoms with van der Waals surface area (Å²) in [6.45, 7) is 6.24. The van der Waals surface area contributed by atoms with Crippen LogP contribution in [0.4, 0.5) is 0 Å². The van der Waals surface area contributed by atoms with Gasteiger partial charge in [0.15, 0.2) is 0 Å². The smallest absolute Gasteiger partial charge is 0.241 e. The van der Waals surface area contributed by atoms with Crippen LogP contribution in [0.1, 0.15) is 20.8 Å². The molecule has 15 heavy (non-hydrogen) atoms. The summed E-state index contributed by atoms with van der Waals surface area (Å²) in [6, 6.07) is 1.05. The predicted molar refractivity (Wildman–Crippen MR) is 57.7 cm³/mol. The molecule has 0 aliphatic carbocycles. The van der Waals surface area contributed by atoms with Crippen molar-refractivity contribution < 1.29 is 4.79 Å². The summed E-state index contributed by atoms with van der Waals surface area (Å²) in [6.07, 6.45) is 3.55. The molecule has 4 heteroatoms. The minimum atomic E-state index is -0.562. The molecule has 0 bridgehead atoms. The molecule has 0 aromatic rings. The number of carbonyl (C=O) groups excluding carboxylic acids is 1. The fourth-order valence-electron chi connectivity index (χ4n) is 1.41. The third-order valence-corrected chi connectivity index (χ3v) is 2.57. The van der Waals surface area contributed by atoms with Crippen LogP contribution in [0.3, 0.4) is 0 Å². The molecule has 1 rings (SSSR count). The number of carbonyl (C=O) groups is 1. The van der Waals surface area contributed by atoms with Crippen molar-refractivity contribution in [1.82, 2.24) is 4.90 Å². The van der Waals surface area contributed by atoms with E-state index in [0.717, 1.165) is 0 Å². The van der Waals surface area contributed by atoms with Crippen molar-refractivity contribution in [2.24, 2.45) is 11.1 Å². The standard InChI is InChI=1S/C11H17N3O/c1-11(2,3)9(13)10(15)14-6-4-5-8(14)7-12/h4-5,8-9H,6,13H2,1-3H3. The second-order valence-corrected chi connectivity index (χ2v) is 4.84. The Labute approximate surface area is 90.3 Å². The van der Waals surface area contributed by atoms with Crippen LogP contribution in [0, 0.1) is 16.7 Å². The van der Waals surface area contributed by atoms with Crippen LogP contribution in [0.5, 0.6) is 0 Å². The van der Waals surface area contributed by atoms with Crippen molar-refractivity contribution in [3.8, 4) is 6.07 Å². The van der Waals surface area contributed by atoms with Crippen LogP contribution in [0.15, 0.2) is 12.2 Å². The first-order valence-corrected chi connectivity index (χ1v) is 5.00. The van der Waals surface area contributed by atoms with Crippen LogP contribution in [0.2, 0.25) is 0 Å². The van der Waals surface area contributed by atoms with Crippen LogP contribution >= 0.6 is 0 Å². The van der Waals surface area contributed by atoms with Gasteiger partial charge in [0.2, 0.25) is 5.91 Å². The fourth-order valence-corrected chi connectivity index (χ4v) is 1.41. The summed E-state index contributed by atoms with van der Waals surface area (Å²) in [4.78, 5) is 13.5. The summed E-state index contributed by atoms with van der Waals surface area (Å²) in [5, 5.41) is 8.83. The lowest BCUT2D eigenvalue weighted by Crippen LogP contribution is -2.51. The lowest BCUT2D eigenvalue weighted by molar-refractivity contribution is -0.134. The average Bonchev–Trinajstić information content (AvgIpc) is 2.61. The Morgan fingerprint density at radius 1 is 1.67 bits per heavy atom. The average molecular weight is 207 g/mol. The SMILES string of the molecule is CC(C)(C)C(N)C(=O)N1CC=CC1C#N. The Balaban J connectivity index is 2.75. The van der Waals surface area contributed by atoms with Crippen LogP contribution in [-0.2, 0) is 4.79 Å². The van der Waals surface area contributed by atoms with E-state index in [0.29, 0.717) is 6.54 Å². The Hall–Kier alpha value is -1.34. The molecule has 2 atom stereocenters. The number of hydrogen-bond acceptors (Lipinski definition) is 3. The maximum atomic E-state index is 12.0. The topological polar surface area (TPSA) is 70.1 Å². The maximum absolute atomic E-state index is 12.0. The van der Waals surface area contributed by atoms with E-state index in [2.05, 4.69) is 6.07 Å². The highest BCUT2D eigenvalue weighted by atomic mass is 16.2. The van der Waals surface area contributed by atoms with Gasteiger partial charge in [-0.15, -0.1) is 0 Å².